The van der Waals surface area contributed by atoms with Gasteiger partial charge in [-0.3, -0.25) is 9.69 Å². The monoisotopic (exact) mass is 337 g/mol. The van der Waals surface area contributed by atoms with Gasteiger partial charge >= 0.3 is 0 Å². The van der Waals surface area contributed by atoms with Crippen molar-refractivity contribution in [2.75, 3.05) is 23.7 Å². The van der Waals surface area contributed by atoms with Crippen LogP contribution in [0.4, 0.5) is 17.5 Å². The highest BCUT2D eigenvalue weighted by molar-refractivity contribution is 6.04. The summed E-state index contributed by atoms with van der Waals surface area (Å²) in [5.74, 6) is 1.05. The molecule has 2 aliphatic heterocycles. The Labute approximate surface area is 147 Å². The van der Waals surface area contributed by atoms with Crippen LogP contribution < -0.4 is 10.6 Å². The van der Waals surface area contributed by atoms with Crippen molar-refractivity contribution >= 4 is 23.4 Å². The molecule has 2 aromatic rings. The second-order valence-corrected chi connectivity index (χ2v) is 7.34. The molecule has 130 valence electrons. The van der Waals surface area contributed by atoms with Crippen LogP contribution in [0, 0.1) is 0 Å². The molecule has 0 bridgehead atoms. The number of benzene rings is 1. The molecule has 4 rings (SSSR count). The number of likely N-dealkylation sites (tertiary alicyclic amines) is 1. The summed E-state index contributed by atoms with van der Waals surface area (Å²) in [6.07, 6.45) is 4.32. The molecule has 0 radical (unpaired) electrons. The minimum Gasteiger partial charge on any atom is -0.324 e. The fourth-order valence-electron chi connectivity index (χ4n) is 3.46. The van der Waals surface area contributed by atoms with E-state index in [1.54, 1.807) is 6.20 Å². The standard InChI is InChI=1S/C19H23N5O/c1-19(2)15-11-20-18(23-16(15)22-17(19)25)21-14-7-5-6-13(10-14)12-24-8-3-4-9-24/h5-7,10-11H,3-4,8-9,12H2,1-2H3,(H2,20,21,22,23,25). The largest absolute Gasteiger partial charge is 0.324 e. The zero-order chi connectivity index (χ0) is 17.4. The summed E-state index contributed by atoms with van der Waals surface area (Å²) in [7, 11) is 0. The topological polar surface area (TPSA) is 70.2 Å². The van der Waals surface area contributed by atoms with E-state index in [2.05, 4.69) is 37.6 Å². The van der Waals surface area contributed by atoms with Gasteiger partial charge in [-0.2, -0.15) is 4.98 Å². The summed E-state index contributed by atoms with van der Waals surface area (Å²) in [5, 5.41) is 6.09. The number of fused-ring (bicyclic) bond motifs is 1. The summed E-state index contributed by atoms with van der Waals surface area (Å²) < 4.78 is 0. The van der Waals surface area contributed by atoms with E-state index in [9.17, 15) is 4.79 Å². The van der Waals surface area contributed by atoms with Crippen LogP contribution in [0.5, 0.6) is 0 Å². The maximum atomic E-state index is 12.0. The first-order chi connectivity index (χ1) is 12.0. The van der Waals surface area contributed by atoms with Gasteiger partial charge in [-0.05, 0) is 57.5 Å². The quantitative estimate of drug-likeness (QED) is 0.897. The third-order valence-electron chi connectivity index (χ3n) is 5.05. The molecule has 1 saturated heterocycles. The highest BCUT2D eigenvalue weighted by Crippen LogP contribution is 2.36. The maximum Gasteiger partial charge on any atom is 0.235 e. The first-order valence-corrected chi connectivity index (χ1v) is 8.80. The molecule has 6 nitrogen and oxygen atoms in total. The summed E-state index contributed by atoms with van der Waals surface area (Å²) in [5.41, 5.74) is 2.50. The van der Waals surface area contributed by atoms with Crippen molar-refractivity contribution in [2.45, 2.75) is 38.6 Å². The Bertz CT molecular complexity index is 811. The highest BCUT2D eigenvalue weighted by atomic mass is 16.2. The Balaban J connectivity index is 1.51. The Hall–Kier alpha value is -2.47. The lowest BCUT2D eigenvalue weighted by molar-refractivity contribution is -0.119. The van der Waals surface area contributed by atoms with Crippen LogP contribution in [0.1, 0.15) is 37.8 Å². The molecule has 0 unspecified atom stereocenters. The van der Waals surface area contributed by atoms with Crippen molar-refractivity contribution in [1.29, 1.82) is 0 Å². The molecular formula is C19H23N5O. The van der Waals surface area contributed by atoms with Gasteiger partial charge in [0, 0.05) is 24.0 Å². The summed E-state index contributed by atoms with van der Waals surface area (Å²) in [4.78, 5) is 23.3. The average Bonchev–Trinajstić information content (AvgIpc) is 3.15. The fraction of sp³-hybridized carbons (Fsp3) is 0.421. The van der Waals surface area contributed by atoms with Gasteiger partial charge in [-0.25, -0.2) is 4.98 Å². The SMILES string of the molecule is CC1(C)C(=O)Nc2nc(Nc3cccc(CN4CCCC4)c3)ncc21. The van der Waals surface area contributed by atoms with Crippen LogP contribution in [0.25, 0.3) is 0 Å². The maximum absolute atomic E-state index is 12.0. The van der Waals surface area contributed by atoms with Gasteiger partial charge in [0.2, 0.25) is 11.9 Å². The zero-order valence-corrected chi connectivity index (χ0v) is 14.7. The number of aromatic nitrogens is 2. The number of amides is 1. The van der Waals surface area contributed by atoms with Gasteiger partial charge < -0.3 is 10.6 Å². The number of carbonyl (C=O) groups excluding carboxylic acids is 1. The number of nitrogens with one attached hydrogen (secondary N) is 2. The summed E-state index contributed by atoms with van der Waals surface area (Å²) >= 11 is 0. The third-order valence-corrected chi connectivity index (χ3v) is 5.05. The second kappa shape index (κ2) is 6.11. The van der Waals surface area contributed by atoms with Crippen LogP contribution in [-0.2, 0) is 16.8 Å². The molecule has 0 atom stereocenters. The van der Waals surface area contributed by atoms with Gasteiger partial charge in [0.05, 0.1) is 5.41 Å². The first kappa shape index (κ1) is 16.0. The number of hydrogen-bond acceptors (Lipinski definition) is 5. The Morgan fingerprint density at radius 1 is 1.28 bits per heavy atom. The summed E-state index contributed by atoms with van der Waals surface area (Å²) in [6, 6.07) is 8.34. The minimum absolute atomic E-state index is 0.0402. The van der Waals surface area contributed by atoms with E-state index >= 15 is 0 Å². The molecule has 0 aliphatic carbocycles. The number of hydrogen-bond donors (Lipinski definition) is 2. The minimum atomic E-state index is -0.580. The molecule has 2 aliphatic rings. The Morgan fingerprint density at radius 2 is 2.08 bits per heavy atom. The van der Waals surface area contributed by atoms with E-state index in [-0.39, 0.29) is 5.91 Å². The van der Waals surface area contributed by atoms with Crippen molar-refractivity contribution in [3.8, 4) is 0 Å². The van der Waals surface area contributed by atoms with Gasteiger partial charge in [0.25, 0.3) is 0 Å². The van der Waals surface area contributed by atoms with Gasteiger partial charge in [0.1, 0.15) is 5.82 Å². The number of nitrogens with zero attached hydrogens (tertiary/aromatic N) is 3. The third kappa shape index (κ3) is 3.09. The zero-order valence-electron chi connectivity index (χ0n) is 14.7. The molecule has 2 N–H and O–H groups in total. The smallest absolute Gasteiger partial charge is 0.235 e. The number of anilines is 3. The predicted molar refractivity (Wildman–Crippen MR) is 97.9 cm³/mol. The molecule has 25 heavy (non-hydrogen) atoms. The molecule has 6 heteroatoms. The highest BCUT2D eigenvalue weighted by Gasteiger charge is 2.39. The van der Waals surface area contributed by atoms with E-state index in [0.29, 0.717) is 11.8 Å². The van der Waals surface area contributed by atoms with Crippen molar-refractivity contribution in [1.82, 2.24) is 14.9 Å². The van der Waals surface area contributed by atoms with Crippen molar-refractivity contribution < 1.29 is 4.79 Å². The number of rotatable bonds is 4. The molecule has 0 saturated carbocycles. The van der Waals surface area contributed by atoms with Crippen molar-refractivity contribution in [2.24, 2.45) is 0 Å². The average molecular weight is 337 g/mol. The second-order valence-electron chi connectivity index (χ2n) is 7.34. The van der Waals surface area contributed by atoms with E-state index in [4.69, 9.17) is 0 Å². The first-order valence-electron chi connectivity index (χ1n) is 8.80. The van der Waals surface area contributed by atoms with E-state index in [1.807, 2.05) is 26.0 Å². The normalized spacial score (nSPS) is 18.9. The van der Waals surface area contributed by atoms with Crippen LogP contribution in [0.15, 0.2) is 30.5 Å². The lowest BCUT2D eigenvalue weighted by Crippen LogP contribution is -2.26. The molecule has 1 aromatic carbocycles. The van der Waals surface area contributed by atoms with Crippen LogP contribution in [0.3, 0.4) is 0 Å². The fourth-order valence-corrected chi connectivity index (χ4v) is 3.46. The van der Waals surface area contributed by atoms with E-state index in [1.165, 1.54) is 31.5 Å². The lowest BCUT2D eigenvalue weighted by Gasteiger charge is -2.15. The molecular weight excluding hydrogens is 314 g/mol. The van der Waals surface area contributed by atoms with E-state index in [0.717, 1.165) is 17.8 Å². The van der Waals surface area contributed by atoms with Gasteiger partial charge in [-0.1, -0.05) is 12.1 Å². The van der Waals surface area contributed by atoms with Crippen LogP contribution >= 0.6 is 0 Å². The van der Waals surface area contributed by atoms with Crippen molar-refractivity contribution in [3.63, 3.8) is 0 Å². The molecule has 1 amide bonds. The molecule has 1 fully saturated rings. The predicted octanol–water partition coefficient (Wildman–Crippen LogP) is 3.05. The van der Waals surface area contributed by atoms with E-state index < -0.39 is 5.41 Å². The van der Waals surface area contributed by atoms with Gasteiger partial charge in [-0.15, -0.1) is 0 Å². The van der Waals surface area contributed by atoms with Gasteiger partial charge in [0.15, 0.2) is 0 Å². The molecule has 1 aromatic heterocycles. The van der Waals surface area contributed by atoms with Crippen LogP contribution in [0.2, 0.25) is 0 Å². The number of carbonyl (C=O) groups is 1. The Morgan fingerprint density at radius 3 is 2.88 bits per heavy atom. The lowest BCUT2D eigenvalue weighted by atomic mass is 9.88. The van der Waals surface area contributed by atoms with Crippen molar-refractivity contribution in [3.05, 3.63) is 41.6 Å². The van der Waals surface area contributed by atoms with Crippen LogP contribution in [-0.4, -0.2) is 33.9 Å². The Kier molecular flexibility index (Phi) is 3.92. The molecule has 3 heterocycles. The summed E-state index contributed by atoms with van der Waals surface area (Å²) in [6.45, 7) is 7.10. The molecule has 0 spiro atoms.